The summed E-state index contributed by atoms with van der Waals surface area (Å²) in [6, 6.07) is 6.80. The van der Waals surface area contributed by atoms with Crippen LogP contribution in [-0.2, 0) is 4.79 Å². The summed E-state index contributed by atoms with van der Waals surface area (Å²) in [6.07, 6.45) is 2.99. The van der Waals surface area contributed by atoms with E-state index in [1.807, 2.05) is 24.3 Å². The quantitative estimate of drug-likeness (QED) is 0.736. The Hall–Kier alpha value is -2.90. The zero-order chi connectivity index (χ0) is 14.4. The number of imide groups is 1. The van der Waals surface area contributed by atoms with Crippen LogP contribution in [0.15, 0.2) is 36.9 Å². The molecule has 0 aliphatic carbocycles. The van der Waals surface area contributed by atoms with Crippen molar-refractivity contribution in [2.45, 2.75) is 0 Å². The molecular formula is C12H14N6O2. The third kappa shape index (κ3) is 3.31. The van der Waals surface area contributed by atoms with E-state index >= 15 is 0 Å². The lowest BCUT2D eigenvalue weighted by atomic mass is 10.2. The standard InChI is InChI=1S/C12H14N6O2/c1-13-12(20)17-11(19)6-15-9-4-2-3-5-10(9)18-8-14-7-16-18/h2-5,7-8,15H,6H2,1H3,(H2,13,17,19,20). The van der Waals surface area contributed by atoms with Crippen LogP contribution in [0.4, 0.5) is 10.5 Å². The average molecular weight is 274 g/mol. The number of rotatable bonds is 4. The van der Waals surface area contributed by atoms with E-state index in [2.05, 4.69) is 26.0 Å². The van der Waals surface area contributed by atoms with Crippen LogP contribution in [-0.4, -0.2) is 40.3 Å². The fourth-order valence-electron chi connectivity index (χ4n) is 1.56. The topological polar surface area (TPSA) is 101 Å². The van der Waals surface area contributed by atoms with E-state index in [4.69, 9.17) is 0 Å². The Morgan fingerprint density at radius 2 is 2.10 bits per heavy atom. The molecule has 20 heavy (non-hydrogen) atoms. The fraction of sp³-hybridized carbons (Fsp3) is 0.167. The zero-order valence-electron chi connectivity index (χ0n) is 10.8. The summed E-state index contributed by atoms with van der Waals surface area (Å²) in [5.41, 5.74) is 1.47. The molecule has 0 spiro atoms. The Labute approximate surface area is 115 Å². The first-order valence-electron chi connectivity index (χ1n) is 5.90. The molecule has 0 atom stereocenters. The first-order valence-corrected chi connectivity index (χ1v) is 5.90. The van der Waals surface area contributed by atoms with Crippen LogP contribution >= 0.6 is 0 Å². The van der Waals surface area contributed by atoms with Crippen LogP contribution in [0, 0.1) is 0 Å². The fourth-order valence-corrected chi connectivity index (χ4v) is 1.56. The molecule has 8 nitrogen and oxygen atoms in total. The minimum Gasteiger partial charge on any atom is -0.374 e. The number of para-hydroxylation sites is 2. The van der Waals surface area contributed by atoms with Gasteiger partial charge in [0.1, 0.15) is 12.7 Å². The molecule has 3 N–H and O–H groups in total. The van der Waals surface area contributed by atoms with E-state index in [9.17, 15) is 9.59 Å². The molecule has 104 valence electrons. The van der Waals surface area contributed by atoms with Crippen molar-refractivity contribution in [3.63, 3.8) is 0 Å². The number of hydrogen-bond donors (Lipinski definition) is 3. The number of anilines is 1. The molecule has 8 heteroatoms. The van der Waals surface area contributed by atoms with Gasteiger partial charge in [0, 0.05) is 7.05 Å². The van der Waals surface area contributed by atoms with Crippen LogP contribution in [0.25, 0.3) is 5.69 Å². The number of urea groups is 1. The van der Waals surface area contributed by atoms with Crippen LogP contribution < -0.4 is 16.0 Å². The molecule has 0 aliphatic heterocycles. The van der Waals surface area contributed by atoms with Crippen molar-refractivity contribution < 1.29 is 9.59 Å². The molecule has 0 saturated carbocycles. The van der Waals surface area contributed by atoms with Gasteiger partial charge in [-0.25, -0.2) is 14.5 Å². The number of amides is 3. The van der Waals surface area contributed by atoms with Crippen molar-refractivity contribution in [3.05, 3.63) is 36.9 Å². The molecule has 0 unspecified atom stereocenters. The minimum atomic E-state index is -0.540. The van der Waals surface area contributed by atoms with E-state index in [-0.39, 0.29) is 6.54 Å². The predicted molar refractivity (Wildman–Crippen MR) is 72.4 cm³/mol. The predicted octanol–water partition coefficient (Wildman–Crippen LogP) is 0.135. The smallest absolute Gasteiger partial charge is 0.321 e. The minimum absolute atomic E-state index is 0.0286. The SMILES string of the molecule is CNC(=O)NC(=O)CNc1ccccc1-n1cncn1. The third-order valence-corrected chi connectivity index (χ3v) is 2.49. The molecular weight excluding hydrogens is 260 g/mol. The summed E-state index contributed by atoms with van der Waals surface area (Å²) in [5.74, 6) is -0.433. The van der Waals surface area contributed by atoms with E-state index < -0.39 is 11.9 Å². The molecule has 1 aromatic heterocycles. The molecule has 1 aromatic carbocycles. The number of nitrogens with one attached hydrogen (secondary N) is 3. The molecule has 0 bridgehead atoms. The van der Waals surface area contributed by atoms with Crippen molar-refractivity contribution in [2.75, 3.05) is 18.9 Å². The van der Waals surface area contributed by atoms with Gasteiger partial charge in [0.25, 0.3) is 0 Å². The second kappa shape index (κ2) is 6.32. The second-order valence-electron chi connectivity index (χ2n) is 3.84. The number of aromatic nitrogens is 3. The molecule has 3 amide bonds. The summed E-state index contributed by atoms with van der Waals surface area (Å²) >= 11 is 0. The monoisotopic (exact) mass is 274 g/mol. The second-order valence-corrected chi connectivity index (χ2v) is 3.84. The number of hydrogen-bond acceptors (Lipinski definition) is 5. The number of benzene rings is 1. The van der Waals surface area contributed by atoms with Gasteiger partial charge >= 0.3 is 6.03 Å². The first-order chi connectivity index (χ1) is 9.70. The largest absolute Gasteiger partial charge is 0.374 e. The van der Waals surface area contributed by atoms with Crippen LogP contribution in [0.1, 0.15) is 0 Å². The number of carbonyl (C=O) groups excluding carboxylic acids is 2. The summed E-state index contributed by atoms with van der Waals surface area (Å²) in [7, 11) is 1.44. The summed E-state index contributed by atoms with van der Waals surface area (Å²) in [5, 5.41) is 11.5. The van der Waals surface area contributed by atoms with Gasteiger partial charge < -0.3 is 10.6 Å². The maximum Gasteiger partial charge on any atom is 0.321 e. The van der Waals surface area contributed by atoms with E-state index in [0.717, 1.165) is 5.69 Å². The van der Waals surface area contributed by atoms with Gasteiger partial charge in [-0.3, -0.25) is 10.1 Å². The van der Waals surface area contributed by atoms with Crippen LogP contribution in [0.5, 0.6) is 0 Å². The van der Waals surface area contributed by atoms with E-state index in [1.165, 1.54) is 13.4 Å². The Morgan fingerprint density at radius 1 is 1.30 bits per heavy atom. The van der Waals surface area contributed by atoms with Crippen molar-refractivity contribution in [1.82, 2.24) is 25.4 Å². The highest BCUT2D eigenvalue weighted by Crippen LogP contribution is 2.17. The van der Waals surface area contributed by atoms with Gasteiger partial charge in [0.15, 0.2) is 0 Å². The van der Waals surface area contributed by atoms with Crippen molar-refractivity contribution >= 4 is 17.6 Å². The molecule has 0 aliphatic rings. The number of nitrogens with zero attached hydrogens (tertiary/aromatic N) is 3. The summed E-state index contributed by atoms with van der Waals surface area (Å²) < 4.78 is 1.58. The lowest BCUT2D eigenvalue weighted by Gasteiger charge is -2.11. The van der Waals surface area contributed by atoms with Crippen molar-refractivity contribution in [1.29, 1.82) is 0 Å². The summed E-state index contributed by atoms with van der Waals surface area (Å²) in [6.45, 7) is -0.0286. The Balaban J connectivity index is 2.03. The third-order valence-electron chi connectivity index (χ3n) is 2.49. The highest BCUT2D eigenvalue weighted by Gasteiger charge is 2.08. The van der Waals surface area contributed by atoms with Gasteiger partial charge in [0.05, 0.1) is 17.9 Å². The zero-order valence-corrected chi connectivity index (χ0v) is 10.8. The van der Waals surface area contributed by atoms with E-state index in [0.29, 0.717) is 5.69 Å². The van der Waals surface area contributed by atoms with Gasteiger partial charge in [-0.2, -0.15) is 5.10 Å². The van der Waals surface area contributed by atoms with Crippen molar-refractivity contribution in [2.24, 2.45) is 0 Å². The molecule has 0 saturated heterocycles. The lowest BCUT2D eigenvalue weighted by Crippen LogP contribution is -2.40. The van der Waals surface area contributed by atoms with Crippen LogP contribution in [0.3, 0.4) is 0 Å². The maximum atomic E-state index is 11.5. The molecule has 2 rings (SSSR count). The van der Waals surface area contributed by atoms with Gasteiger partial charge in [-0.1, -0.05) is 12.1 Å². The van der Waals surface area contributed by atoms with E-state index in [1.54, 1.807) is 11.0 Å². The van der Waals surface area contributed by atoms with Gasteiger partial charge in [-0.15, -0.1) is 0 Å². The molecule has 1 heterocycles. The first kappa shape index (κ1) is 13.5. The number of carbonyl (C=O) groups is 2. The summed E-state index contributed by atoms with van der Waals surface area (Å²) in [4.78, 5) is 26.4. The molecule has 0 radical (unpaired) electrons. The Morgan fingerprint density at radius 3 is 2.80 bits per heavy atom. The maximum absolute atomic E-state index is 11.5. The molecule has 0 fully saturated rings. The Kier molecular flexibility index (Phi) is 4.28. The highest BCUT2D eigenvalue weighted by atomic mass is 16.2. The average Bonchev–Trinajstić information content (AvgIpc) is 2.99. The van der Waals surface area contributed by atoms with Crippen molar-refractivity contribution in [3.8, 4) is 5.69 Å². The van der Waals surface area contributed by atoms with Crippen LogP contribution in [0.2, 0.25) is 0 Å². The lowest BCUT2D eigenvalue weighted by molar-refractivity contribution is -0.118. The van der Waals surface area contributed by atoms with Gasteiger partial charge in [-0.05, 0) is 12.1 Å². The molecule has 2 aromatic rings. The normalized spacial score (nSPS) is 9.85. The Bertz CT molecular complexity index is 596. The highest BCUT2D eigenvalue weighted by molar-refractivity contribution is 5.96. The van der Waals surface area contributed by atoms with Gasteiger partial charge in [0.2, 0.25) is 5.91 Å².